The molecule has 5 rings (SSSR count). The van der Waals surface area contributed by atoms with Gasteiger partial charge in [-0.1, -0.05) is 54.1 Å². The summed E-state index contributed by atoms with van der Waals surface area (Å²) < 4.78 is 5.41. The van der Waals surface area contributed by atoms with Gasteiger partial charge in [0.15, 0.2) is 0 Å². The summed E-state index contributed by atoms with van der Waals surface area (Å²) in [5.74, 6) is 0.635. The molecule has 1 aliphatic heterocycles. The van der Waals surface area contributed by atoms with E-state index in [0.29, 0.717) is 11.4 Å². The van der Waals surface area contributed by atoms with E-state index < -0.39 is 0 Å². The summed E-state index contributed by atoms with van der Waals surface area (Å²) in [7, 11) is 1.64. The number of ether oxygens (including phenoxy) is 1. The van der Waals surface area contributed by atoms with Crippen molar-refractivity contribution in [2.75, 3.05) is 7.11 Å². The van der Waals surface area contributed by atoms with Crippen LogP contribution < -0.4 is 4.74 Å². The fraction of sp³-hybridized carbons (Fsp3) is 0.179. The van der Waals surface area contributed by atoms with E-state index in [-0.39, 0.29) is 11.9 Å². The van der Waals surface area contributed by atoms with Crippen LogP contribution in [0.3, 0.4) is 0 Å². The summed E-state index contributed by atoms with van der Waals surface area (Å²) in [5.41, 5.74) is 6.56. The molecule has 0 radical (unpaired) electrons. The number of benzene rings is 3. The average Bonchev–Trinajstić information content (AvgIpc) is 3.29. The lowest BCUT2D eigenvalue weighted by Gasteiger charge is -2.21. The number of hydrogen-bond donors (Lipinski definition) is 0. The molecule has 1 aromatic heterocycles. The van der Waals surface area contributed by atoms with Crippen LogP contribution in [0.2, 0.25) is 5.02 Å². The summed E-state index contributed by atoms with van der Waals surface area (Å²) in [4.78, 5) is 17.5. The Labute approximate surface area is 203 Å². The molecule has 0 fully saturated rings. The fourth-order valence-corrected chi connectivity index (χ4v) is 4.85. The van der Waals surface area contributed by atoms with Crippen LogP contribution >= 0.6 is 11.6 Å². The molecule has 1 amide bonds. The first kappa shape index (κ1) is 22.1. The third kappa shape index (κ3) is 3.93. The Balaban J connectivity index is 1.72. The van der Waals surface area contributed by atoms with Gasteiger partial charge in [-0.05, 0) is 48.4 Å². The van der Waals surface area contributed by atoms with E-state index in [1.165, 1.54) is 0 Å². The van der Waals surface area contributed by atoms with Gasteiger partial charge in [0.05, 0.1) is 24.4 Å². The Morgan fingerprint density at radius 3 is 2.56 bits per heavy atom. The lowest BCUT2D eigenvalue weighted by molar-refractivity contribution is -0.130. The zero-order chi connectivity index (χ0) is 23.8. The van der Waals surface area contributed by atoms with E-state index in [2.05, 4.69) is 12.1 Å². The monoisotopic (exact) mass is 469 g/mol. The molecule has 0 aliphatic carbocycles. The minimum Gasteiger partial charge on any atom is -0.497 e. The quantitative estimate of drug-likeness (QED) is 0.339. The minimum absolute atomic E-state index is 0.112. The van der Waals surface area contributed by atoms with E-state index in [0.717, 1.165) is 50.3 Å². The molecule has 0 saturated heterocycles. The van der Waals surface area contributed by atoms with E-state index in [1.807, 2.05) is 67.6 Å². The van der Waals surface area contributed by atoms with Crippen molar-refractivity contribution in [3.63, 3.8) is 0 Å². The van der Waals surface area contributed by atoms with Crippen LogP contribution in [0.5, 0.6) is 5.75 Å². The van der Waals surface area contributed by atoms with Crippen LogP contribution in [-0.2, 0) is 4.79 Å². The molecule has 6 heteroatoms. The average molecular weight is 470 g/mol. The number of pyridine rings is 1. The van der Waals surface area contributed by atoms with Gasteiger partial charge >= 0.3 is 0 Å². The number of carbonyl (C=O) groups excluding carboxylic acids is 1. The molecule has 2 heterocycles. The molecule has 1 unspecified atom stereocenters. The second-order valence-electron chi connectivity index (χ2n) is 8.38. The number of hydrogen-bond acceptors (Lipinski definition) is 4. The maximum atomic E-state index is 12.6. The van der Waals surface area contributed by atoms with Crippen LogP contribution in [0.4, 0.5) is 0 Å². The first-order chi connectivity index (χ1) is 16.5. The topological polar surface area (TPSA) is 54.8 Å². The first-order valence-electron chi connectivity index (χ1n) is 11.1. The lowest BCUT2D eigenvalue weighted by atomic mass is 9.89. The molecule has 0 saturated carbocycles. The highest BCUT2D eigenvalue weighted by Crippen LogP contribution is 2.40. The predicted molar refractivity (Wildman–Crippen MR) is 136 cm³/mol. The second-order valence-corrected chi connectivity index (χ2v) is 8.82. The van der Waals surface area contributed by atoms with Gasteiger partial charge in [-0.25, -0.2) is 5.01 Å². The van der Waals surface area contributed by atoms with Crippen molar-refractivity contribution in [3.8, 4) is 16.9 Å². The molecule has 1 aliphatic rings. The number of carbonyl (C=O) groups is 1. The maximum absolute atomic E-state index is 12.6. The third-order valence-corrected chi connectivity index (χ3v) is 6.43. The van der Waals surface area contributed by atoms with E-state index in [1.54, 1.807) is 19.0 Å². The lowest BCUT2D eigenvalue weighted by Crippen LogP contribution is -2.24. The summed E-state index contributed by atoms with van der Waals surface area (Å²) in [5, 5.41) is 8.01. The molecule has 3 aromatic carbocycles. The molecule has 0 spiro atoms. The molecule has 5 nitrogen and oxygen atoms in total. The van der Waals surface area contributed by atoms with Crippen molar-refractivity contribution in [3.05, 3.63) is 94.6 Å². The predicted octanol–water partition coefficient (Wildman–Crippen LogP) is 6.57. The molecular formula is C28H24ClN3O2. The van der Waals surface area contributed by atoms with Crippen molar-refractivity contribution >= 4 is 34.1 Å². The summed E-state index contributed by atoms with van der Waals surface area (Å²) in [6.45, 7) is 3.54. The highest BCUT2D eigenvalue weighted by atomic mass is 35.5. The molecule has 1 atom stereocenters. The SMILES string of the molecule is COc1cccc(C2CC(c3c(C)nc4ccc(Cl)cc4c3-c3ccccc3)=NN2C(C)=O)c1. The second kappa shape index (κ2) is 8.92. The summed E-state index contributed by atoms with van der Waals surface area (Å²) in [6.07, 6.45) is 0.571. The number of methoxy groups -OCH3 is 1. The number of halogens is 1. The van der Waals surface area contributed by atoms with Gasteiger partial charge < -0.3 is 4.74 Å². The van der Waals surface area contributed by atoms with Crippen LogP contribution in [0.1, 0.15) is 36.2 Å². The van der Waals surface area contributed by atoms with Crippen LogP contribution in [0, 0.1) is 6.92 Å². The smallest absolute Gasteiger partial charge is 0.240 e. The van der Waals surface area contributed by atoms with Gasteiger partial charge in [-0.2, -0.15) is 5.10 Å². The third-order valence-electron chi connectivity index (χ3n) is 6.19. The number of aryl methyl sites for hydroxylation is 1. The van der Waals surface area contributed by atoms with Gasteiger partial charge in [0.1, 0.15) is 5.75 Å². The van der Waals surface area contributed by atoms with Gasteiger partial charge in [-0.15, -0.1) is 0 Å². The number of hydrazone groups is 1. The van der Waals surface area contributed by atoms with Crippen molar-refractivity contribution in [2.45, 2.75) is 26.3 Å². The highest BCUT2D eigenvalue weighted by Gasteiger charge is 2.34. The van der Waals surface area contributed by atoms with Crippen molar-refractivity contribution in [1.82, 2.24) is 9.99 Å². The van der Waals surface area contributed by atoms with Crippen molar-refractivity contribution in [1.29, 1.82) is 0 Å². The minimum atomic E-state index is -0.222. The molecule has 4 aromatic rings. The Hall–Kier alpha value is -3.70. The molecule has 34 heavy (non-hydrogen) atoms. The largest absolute Gasteiger partial charge is 0.497 e. The van der Waals surface area contributed by atoms with Crippen molar-refractivity contribution in [2.24, 2.45) is 5.10 Å². The van der Waals surface area contributed by atoms with Gasteiger partial charge in [0, 0.05) is 40.6 Å². The van der Waals surface area contributed by atoms with E-state index in [9.17, 15) is 4.79 Å². The molecule has 0 N–H and O–H groups in total. The van der Waals surface area contributed by atoms with E-state index >= 15 is 0 Å². The van der Waals surface area contributed by atoms with Gasteiger partial charge in [0.25, 0.3) is 0 Å². The zero-order valence-corrected chi connectivity index (χ0v) is 20.0. The van der Waals surface area contributed by atoms with Gasteiger partial charge in [0.2, 0.25) is 5.91 Å². The molecular weight excluding hydrogens is 446 g/mol. The Bertz CT molecular complexity index is 1430. The van der Waals surface area contributed by atoms with Crippen molar-refractivity contribution < 1.29 is 9.53 Å². The van der Waals surface area contributed by atoms with E-state index in [4.69, 9.17) is 26.4 Å². The Kier molecular flexibility index (Phi) is 5.80. The molecule has 0 bridgehead atoms. The summed E-state index contributed by atoms with van der Waals surface area (Å²) in [6, 6.07) is 23.5. The van der Waals surface area contributed by atoms with Crippen LogP contribution in [0.15, 0.2) is 77.9 Å². The fourth-order valence-electron chi connectivity index (χ4n) is 4.68. The van der Waals surface area contributed by atoms with Crippen LogP contribution in [-0.4, -0.2) is 28.7 Å². The molecule has 170 valence electrons. The Morgan fingerprint density at radius 1 is 1.03 bits per heavy atom. The highest BCUT2D eigenvalue weighted by molar-refractivity contribution is 6.31. The maximum Gasteiger partial charge on any atom is 0.240 e. The van der Waals surface area contributed by atoms with Crippen LogP contribution in [0.25, 0.3) is 22.0 Å². The standard InChI is InChI=1S/C28H24ClN3O2/c1-17-27(25-16-26(32(31-25)18(2)33)20-10-7-11-22(14-20)34-3)28(19-8-5-4-6-9-19)23-15-21(29)12-13-24(23)30-17/h4-15,26H,16H2,1-3H3. The Morgan fingerprint density at radius 2 is 1.82 bits per heavy atom. The number of aromatic nitrogens is 1. The first-order valence-corrected chi connectivity index (χ1v) is 11.5. The number of amides is 1. The zero-order valence-electron chi connectivity index (χ0n) is 19.2. The normalized spacial score (nSPS) is 15.5. The number of rotatable bonds is 4. The van der Waals surface area contributed by atoms with Gasteiger partial charge in [-0.3, -0.25) is 9.78 Å². The number of nitrogens with zero attached hydrogens (tertiary/aromatic N) is 3. The number of fused-ring (bicyclic) bond motifs is 1. The summed E-state index contributed by atoms with van der Waals surface area (Å²) >= 11 is 6.40.